The summed E-state index contributed by atoms with van der Waals surface area (Å²) >= 11 is 1.41. The number of hydrogen-bond acceptors (Lipinski definition) is 2. The van der Waals surface area contributed by atoms with Crippen LogP contribution >= 0.6 is 11.8 Å². The van der Waals surface area contributed by atoms with Gasteiger partial charge in [0.1, 0.15) is 0 Å². The van der Waals surface area contributed by atoms with E-state index in [1.54, 1.807) is 0 Å². The molecule has 0 aliphatic heterocycles. The Hall–Kier alpha value is -0.440. The third-order valence-electron chi connectivity index (χ3n) is 0.835. The summed E-state index contributed by atoms with van der Waals surface area (Å²) in [5, 5.41) is 8.24. The second kappa shape index (κ2) is 5.35. The Bertz CT molecular complexity index is 137. The first-order chi connectivity index (χ1) is 4.63. The van der Waals surface area contributed by atoms with Crippen molar-refractivity contribution in [3.05, 3.63) is 11.6 Å². The highest BCUT2D eigenvalue weighted by Crippen LogP contribution is 2.01. The zero-order valence-corrected chi connectivity index (χ0v) is 7.07. The van der Waals surface area contributed by atoms with Crippen LogP contribution in [0.3, 0.4) is 0 Å². The average molecular weight is 160 g/mol. The van der Waals surface area contributed by atoms with Crippen molar-refractivity contribution in [2.75, 3.05) is 11.5 Å². The van der Waals surface area contributed by atoms with Gasteiger partial charge in [0.25, 0.3) is 0 Å². The molecule has 0 atom stereocenters. The van der Waals surface area contributed by atoms with Gasteiger partial charge in [-0.3, -0.25) is 4.79 Å². The number of hydrogen-bond donors (Lipinski definition) is 1. The van der Waals surface area contributed by atoms with Gasteiger partial charge in [-0.05, 0) is 13.8 Å². The fourth-order valence-corrected chi connectivity index (χ4v) is 1.12. The number of allylic oxidation sites excluding steroid dienone is 1. The van der Waals surface area contributed by atoms with Crippen molar-refractivity contribution in [2.24, 2.45) is 0 Å². The highest BCUT2D eigenvalue weighted by molar-refractivity contribution is 8.00. The van der Waals surface area contributed by atoms with Crippen molar-refractivity contribution in [2.45, 2.75) is 13.8 Å². The molecule has 3 heteroatoms. The lowest BCUT2D eigenvalue weighted by Crippen LogP contribution is -1.97. The highest BCUT2D eigenvalue weighted by Gasteiger charge is 1.93. The maximum atomic E-state index is 10.0. The molecule has 0 aromatic carbocycles. The molecule has 1 N–H and O–H groups in total. The Morgan fingerprint density at radius 2 is 2.20 bits per heavy atom. The predicted octanol–water partition coefficient (Wildman–Crippen LogP) is 1.77. The van der Waals surface area contributed by atoms with E-state index in [4.69, 9.17) is 5.11 Å². The first-order valence-electron chi connectivity index (χ1n) is 3.06. The summed E-state index contributed by atoms with van der Waals surface area (Å²) < 4.78 is 0. The van der Waals surface area contributed by atoms with Crippen molar-refractivity contribution >= 4 is 17.7 Å². The molecule has 0 aliphatic carbocycles. The van der Waals surface area contributed by atoms with Gasteiger partial charge in [-0.15, -0.1) is 11.8 Å². The van der Waals surface area contributed by atoms with Gasteiger partial charge in [0.15, 0.2) is 0 Å². The number of aliphatic carboxylic acids is 1. The fourth-order valence-electron chi connectivity index (χ4n) is 0.372. The summed E-state index contributed by atoms with van der Waals surface area (Å²) in [6.45, 7) is 4.00. The summed E-state index contributed by atoms with van der Waals surface area (Å²) in [6.07, 6.45) is 2.02. The van der Waals surface area contributed by atoms with Gasteiger partial charge in [-0.1, -0.05) is 11.6 Å². The lowest BCUT2D eigenvalue weighted by atomic mass is 10.3. The van der Waals surface area contributed by atoms with E-state index in [2.05, 4.69) is 0 Å². The fraction of sp³-hybridized carbons (Fsp3) is 0.571. The van der Waals surface area contributed by atoms with Crippen LogP contribution in [0.5, 0.6) is 0 Å². The van der Waals surface area contributed by atoms with E-state index >= 15 is 0 Å². The minimum Gasteiger partial charge on any atom is -0.481 e. The number of carboxylic acids is 1. The molecule has 0 aromatic heterocycles. The van der Waals surface area contributed by atoms with Crippen LogP contribution < -0.4 is 0 Å². The first kappa shape index (κ1) is 9.56. The van der Waals surface area contributed by atoms with E-state index in [0.29, 0.717) is 0 Å². The Morgan fingerprint density at radius 3 is 2.60 bits per heavy atom. The third-order valence-corrected chi connectivity index (χ3v) is 1.69. The summed E-state index contributed by atoms with van der Waals surface area (Å²) in [6, 6.07) is 0. The van der Waals surface area contributed by atoms with Crippen molar-refractivity contribution in [3.63, 3.8) is 0 Å². The van der Waals surface area contributed by atoms with Crippen LogP contribution in [-0.4, -0.2) is 22.6 Å². The molecule has 0 bridgehead atoms. The van der Waals surface area contributed by atoms with Gasteiger partial charge in [-0.2, -0.15) is 0 Å². The summed E-state index contributed by atoms with van der Waals surface area (Å²) in [7, 11) is 0. The van der Waals surface area contributed by atoms with Crippen LogP contribution in [-0.2, 0) is 4.79 Å². The largest absolute Gasteiger partial charge is 0.481 e. The molecule has 0 unspecified atom stereocenters. The van der Waals surface area contributed by atoms with E-state index in [0.717, 1.165) is 5.75 Å². The molecule has 0 aromatic rings. The quantitative estimate of drug-likeness (QED) is 0.503. The van der Waals surface area contributed by atoms with Crippen LogP contribution in [0.4, 0.5) is 0 Å². The van der Waals surface area contributed by atoms with E-state index in [1.165, 1.54) is 17.3 Å². The Labute approximate surface area is 65.3 Å². The molecular formula is C7H12O2S. The van der Waals surface area contributed by atoms with E-state index in [1.807, 2.05) is 19.9 Å². The summed E-state index contributed by atoms with van der Waals surface area (Å²) in [5.41, 5.74) is 1.23. The smallest absolute Gasteiger partial charge is 0.313 e. The molecule has 2 nitrogen and oxygen atoms in total. The molecule has 0 aliphatic rings. The van der Waals surface area contributed by atoms with Crippen LogP contribution in [0.2, 0.25) is 0 Å². The van der Waals surface area contributed by atoms with E-state index < -0.39 is 5.97 Å². The van der Waals surface area contributed by atoms with Crippen molar-refractivity contribution in [1.29, 1.82) is 0 Å². The molecule has 0 saturated carbocycles. The van der Waals surface area contributed by atoms with Crippen LogP contribution in [0.25, 0.3) is 0 Å². The molecule has 10 heavy (non-hydrogen) atoms. The van der Waals surface area contributed by atoms with Gasteiger partial charge in [0, 0.05) is 5.75 Å². The molecule has 58 valence electrons. The third kappa shape index (κ3) is 7.56. The summed E-state index contributed by atoms with van der Waals surface area (Å²) in [4.78, 5) is 10.0. The van der Waals surface area contributed by atoms with Crippen molar-refractivity contribution in [1.82, 2.24) is 0 Å². The standard InChI is InChI=1S/C7H12O2S/c1-6(2)3-4-10-5-7(8)9/h3H,4-5H2,1-2H3,(H,8,9). The number of carbonyl (C=O) groups is 1. The maximum absolute atomic E-state index is 10.0. The summed E-state index contributed by atoms with van der Waals surface area (Å²) in [5.74, 6) is 0.255. The molecule has 0 heterocycles. The lowest BCUT2D eigenvalue weighted by molar-refractivity contribution is -0.133. The zero-order chi connectivity index (χ0) is 7.98. The molecule has 0 spiro atoms. The van der Waals surface area contributed by atoms with Crippen molar-refractivity contribution < 1.29 is 9.90 Å². The predicted molar refractivity (Wildman–Crippen MR) is 44.4 cm³/mol. The normalized spacial score (nSPS) is 9.00. The van der Waals surface area contributed by atoms with Gasteiger partial charge >= 0.3 is 5.97 Å². The number of thioether (sulfide) groups is 1. The van der Waals surface area contributed by atoms with E-state index in [9.17, 15) is 4.79 Å². The highest BCUT2D eigenvalue weighted by atomic mass is 32.2. The van der Waals surface area contributed by atoms with E-state index in [-0.39, 0.29) is 5.75 Å². The Balaban J connectivity index is 3.21. The van der Waals surface area contributed by atoms with Crippen molar-refractivity contribution in [3.8, 4) is 0 Å². The van der Waals surface area contributed by atoms with Gasteiger partial charge in [-0.25, -0.2) is 0 Å². The lowest BCUT2D eigenvalue weighted by Gasteiger charge is -1.91. The number of carboxylic acid groups (broad SMARTS) is 1. The second-order valence-corrected chi connectivity index (χ2v) is 3.22. The van der Waals surface area contributed by atoms with Gasteiger partial charge < -0.3 is 5.11 Å². The maximum Gasteiger partial charge on any atom is 0.313 e. The monoisotopic (exact) mass is 160 g/mol. The van der Waals surface area contributed by atoms with Gasteiger partial charge in [0.2, 0.25) is 0 Å². The zero-order valence-electron chi connectivity index (χ0n) is 6.26. The molecule has 0 fully saturated rings. The molecular weight excluding hydrogens is 148 g/mol. The Kier molecular flexibility index (Phi) is 5.12. The molecule has 0 amide bonds. The first-order valence-corrected chi connectivity index (χ1v) is 4.21. The minimum atomic E-state index is -0.743. The Morgan fingerprint density at radius 1 is 1.60 bits per heavy atom. The second-order valence-electron chi connectivity index (χ2n) is 2.19. The van der Waals surface area contributed by atoms with Crippen LogP contribution in [0, 0.1) is 0 Å². The molecule has 0 rings (SSSR count). The minimum absolute atomic E-state index is 0.198. The van der Waals surface area contributed by atoms with Gasteiger partial charge in [0.05, 0.1) is 5.75 Å². The SMILES string of the molecule is CC(C)=CCSCC(=O)O. The topological polar surface area (TPSA) is 37.3 Å². The molecule has 0 radical (unpaired) electrons. The average Bonchev–Trinajstić information content (AvgIpc) is 1.79. The number of rotatable bonds is 4. The van der Waals surface area contributed by atoms with Crippen LogP contribution in [0.15, 0.2) is 11.6 Å². The molecule has 0 saturated heterocycles. The van der Waals surface area contributed by atoms with Crippen LogP contribution in [0.1, 0.15) is 13.8 Å².